The fraction of sp³-hybridized carbons (Fsp3) is 0.222. The van der Waals surface area contributed by atoms with E-state index in [1.807, 2.05) is 6.92 Å². The lowest BCUT2D eigenvalue weighted by Crippen LogP contribution is -2.51. The Balaban J connectivity index is 1.91. The second-order valence-corrected chi connectivity index (χ2v) is 7.85. The average Bonchev–Trinajstić information content (AvgIpc) is 2.66. The fourth-order valence-corrected chi connectivity index (χ4v) is 3.46. The fourth-order valence-electron chi connectivity index (χ4n) is 2.14. The van der Waals surface area contributed by atoms with E-state index in [4.69, 9.17) is 16.3 Å². The van der Waals surface area contributed by atoms with Gasteiger partial charge in [0.1, 0.15) is 5.75 Å². The van der Waals surface area contributed by atoms with Gasteiger partial charge in [-0.3, -0.25) is 20.4 Å². The van der Waals surface area contributed by atoms with Crippen LogP contribution in [0.3, 0.4) is 0 Å². The standard InChI is InChI=1S/C18H20ClN3O5S/c1-3-27-15-8-4-13(5-9-15)18(24)21-20-17(23)12(2)22-28(25,26)16-10-6-14(19)7-11-16/h4-12,22H,3H2,1-2H3,(H,20,23)(H,21,24). The molecule has 8 nitrogen and oxygen atoms in total. The van der Waals surface area contributed by atoms with E-state index in [-0.39, 0.29) is 4.90 Å². The number of nitrogens with one attached hydrogen (secondary N) is 3. The van der Waals surface area contributed by atoms with Crippen molar-refractivity contribution in [1.82, 2.24) is 15.6 Å². The molecule has 2 aromatic carbocycles. The predicted molar refractivity (Wildman–Crippen MR) is 104 cm³/mol. The largest absolute Gasteiger partial charge is 0.494 e. The van der Waals surface area contributed by atoms with Gasteiger partial charge in [-0.05, 0) is 62.4 Å². The second kappa shape index (κ2) is 9.54. The monoisotopic (exact) mass is 425 g/mol. The maximum atomic E-state index is 12.3. The van der Waals surface area contributed by atoms with E-state index in [2.05, 4.69) is 15.6 Å². The molecule has 0 aromatic heterocycles. The van der Waals surface area contributed by atoms with E-state index < -0.39 is 27.9 Å². The van der Waals surface area contributed by atoms with Gasteiger partial charge >= 0.3 is 0 Å². The molecule has 0 aliphatic heterocycles. The number of sulfonamides is 1. The molecule has 0 bridgehead atoms. The van der Waals surface area contributed by atoms with Gasteiger partial charge in [-0.2, -0.15) is 4.72 Å². The molecule has 0 heterocycles. The average molecular weight is 426 g/mol. The zero-order valence-electron chi connectivity index (χ0n) is 15.2. The lowest BCUT2D eigenvalue weighted by Gasteiger charge is -2.15. The molecule has 3 N–H and O–H groups in total. The number of hydrazine groups is 1. The summed E-state index contributed by atoms with van der Waals surface area (Å²) in [5, 5.41) is 0.391. The Morgan fingerprint density at radius 3 is 2.21 bits per heavy atom. The van der Waals surface area contributed by atoms with Crippen LogP contribution in [0.2, 0.25) is 5.02 Å². The number of hydrogen-bond acceptors (Lipinski definition) is 5. The number of benzene rings is 2. The molecule has 2 amide bonds. The number of amides is 2. The van der Waals surface area contributed by atoms with Crippen LogP contribution in [0.25, 0.3) is 0 Å². The van der Waals surface area contributed by atoms with E-state index >= 15 is 0 Å². The van der Waals surface area contributed by atoms with Gasteiger partial charge in [-0.25, -0.2) is 8.42 Å². The van der Waals surface area contributed by atoms with Crippen LogP contribution in [0.1, 0.15) is 24.2 Å². The SMILES string of the molecule is CCOc1ccc(C(=O)NNC(=O)C(C)NS(=O)(=O)c2ccc(Cl)cc2)cc1. The molecule has 0 radical (unpaired) electrons. The van der Waals surface area contributed by atoms with Gasteiger partial charge < -0.3 is 4.74 Å². The van der Waals surface area contributed by atoms with Crippen molar-refractivity contribution in [2.75, 3.05) is 6.61 Å². The van der Waals surface area contributed by atoms with E-state index in [0.717, 1.165) is 0 Å². The summed E-state index contributed by atoms with van der Waals surface area (Å²) in [5.41, 5.74) is 4.72. The molecule has 0 aliphatic carbocycles. The van der Waals surface area contributed by atoms with Crippen LogP contribution in [-0.4, -0.2) is 32.9 Å². The van der Waals surface area contributed by atoms with Crippen LogP contribution in [0.5, 0.6) is 5.75 Å². The Hall–Kier alpha value is -2.62. The molecule has 2 aromatic rings. The summed E-state index contributed by atoms with van der Waals surface area (Å²) in [4.78, 5) is 24.1. The molecule has 28 heavy (non-hydrogen) atoms. The highest BCUT2D eigenvalue weighted by atomic mass is 35.5. The molecule has 1 atom stereocenters. The van der Waals surface area contributed by atoms with Crippen molar-refractivity contribution in [2.24, 2.45) is 0 Å². The highest BCUT2D eigenvalue weighted by Crippen LogP contribution is 2.14. The Morgan fingerprint density at radius 2 is 1.64 bits per heavy atom. The topological polar surface area (TPSA) is 114 Å². The first-order chi connectivity index (χ1) is 13.2. The smallest absolute Gasteiger partial charge is 0.269 e. The summed E-state index contributed by atoms with van der Waals surface area (Å²) < 4.78 is 32.1. The zero-order valence-corrected chi connectivity index (χ0v) is 16.8. The minimum atomic E-state index is -3.92. The van der Waals surface area contributed by atoms with Gasteiger partial charge in [0.05, 0.1) is 17.5 Å². The van der Waals surface area contributed by atoms with Gasteiger partial charge in [0.25, 0.3) is 11.8 Å². The van der Waals surface area contributed by atoms with E-state index in [1.165, 1.54) is 31.2 Å². The third-order valence-corrected chi connectivity index (χ3v) is 5.38. The van der Waals surface area contributed by atoms with Crippen molar-refractivity contribution < 1.29 is 22.7 Å². The quantitative estimate of drug-likeness (QED) is 0.586. The van der Waals surface area contributed by atoms with Crippen molar-refractivity contribution in [3.8, 4) is 5.75 Å². The van der Waals surface area contributed by atoms with Gasteiger partial charge in [-0.1, -0.05) is 11.6 Å². The number of carbonyl (C=O) groups is 2. The molecule has 0 aliphatic rings. The minimum Gasteiger partial charge on any atom is -0.494 e. The molecular weight excluding hydrogens is 406 g/mol. The Kier molecular flexibility index (Phi) is 7.38. The summed E-state index contributed by atoms with van der Waals surface area (Å²) >= 11 is 5.74. The Bertz CT molecular complexity index is 931. The number of halogens is 1. The van der Waals surface area contributed by atoms with Crippen molar-refractivity contribution in [3.63, 3.8) is 0 Å². The summed E-state index contributed by atoms with van der Waals surface area (Å²) in [6.07, 6.45) is 0. The van der Waals surface area contributed by atoms with Crippen LogP contribution in [0.4, 0.5) is 0 Å². The third kappa shape index (κ3) is 5.95. The van der Waals surface area contributed by atoms with Gasteiger partial charge in [0.15, 0.2) is 0 Å². The van der Waals surface area contributed by atoms with Crippen molar-refractivity contribution in [1.29, 1.82) is 0 Å². The van der Waals surface area contributed by atoms with Crippen LogP contribution >= 0.6 is 11.6 Å². The van der Waals surface area contributed by atoms with E-state index in [0.29, 0.717) is 22.9 Å². The maximum Gasteiger partial charge on any atom is 0.269 e. The highest BCUT2D eigenvalue weighted by Gasteiger charge is 2.22. The summed E-state index contributed by atoms with van der Waals surface area (Å²) in [5.74, 6) is -0.658. The molecule has 0 fully saturated rings. The molecule has 2 rings (SSSR count). The third-order valence-electron chi connectivity index (χ3n) is 3.58. The van der Waals surface area contributed by atoms with Crippen LogP contribution < -0.4 is 20.3 Å². The normalized spacial score (nSPS) is 12.1. The van der Waals surface area contributed by atoms with Gasteiger partial charge in [0.2, 0.25) is 10.0 Å². The first-order valence-electron chi connectivity index (χ1n) is 8.34. The molecule has 1 unspecified atom stereocenters. The first kappa shape index (κ1) is 21.7. The van der Waals surface area contributed by atoms with E-state index in [1.54, 1.807) is 24.3 Å². The number of hydrogen-bond donors (Lipinski definition) is 3. The van der Waals surface area contributed by atoms with Crippen LogP contribution in [-0.2, 0) is 14.8 Å². The van der Waals surface area contributed by atoms with Crippen molar-refractivity contribution in [2.45, 2.75) is 24.8 Å². The minimum absolute atomic E-state index is 0.0324. The molecule has 0 saturated heterocycles. The highest BCUT2D eigenvalue weighted by molar-refractivity contribution is 7.89. The molecular formula is C18H20ClN3O5S. The molecule has 10 heteroatoms. The summed E-state index contributed by atoms with van der Waals surface area (Å²) in [7, 11) is -3.92. The lowest BCUT2D eigenvalue weighted by atomic mass is 10.2. The number of rotatable bonds is 7. The molecule has 150 valence electrons. The number of carbonyl (C=O) groups excluding carboxylic acids is 2. The zero-order chi connectivity index (χ0) is 20.7. The number of ether oxygens (including phenoxy) is 1. The molecule has 0 saturated carbocycles. The Morgan fingerprint density at radius 1 is 1.04 bits per heavy atom. The van der Waals surface area contributed by atoms with Crippen molar-refractivity contribution in [3.05, 3.63) is 59.1 Å². The van der Waals surface area contributed by atoms with Gasteiger partial charge in [-0.15, -0.1) is 0 Å². The van der Waals surface area contributed by atoms with Crippen LogP contribution in [0.15, 0.2) is 53.4 Å². The summed E-state index contributed by atoms with van der Waals surface area (Å²) in [6.45, 7) is 3.70. The maximum absolute atomic E-state index is 12.3. The lowest BCUT2D eigenvalue weighted by molar-refractivity contribution is -0.123. The second-order valence-electron chi connectivity index (χ2n) is 5.70. The van der Waals surface area contributed by atoms with Crippen LogP contribution in [0, 0.1) is 0 Å². The predicted octanol–water partition coefficient (Wildman–Crippen LogP) is 1.87. The van der Waals surface area contributed by atoms with Gasteiger partial charge in [0, 0.05) is 10.6 Å². The van der Waals surface area contributed by atoms with E-state index in [9.17, 15) is 18.0 Å². The Labute approximate surface area is 168 Å². The molecule has 0 spiro atoms. The van der Waals surface area contributed by atoms with Crippen molar-refractivity contribution >= 4 is 33.4 Å². The first-order valence-corrected chi connectivity index (χ1v) is 10.2. The summed E-state index contributed by atoms with van der Waals surface area (Å²) in [6, 6.07) is 10.7.